The van der Waals surface area contributed by atoms with E-state index in [-0.39, 0.29) is 24.2 Å². The van der Waals surface area contributed by atoms with Crippen LogP contribution in [0.5, 0.6) is 5.88 Å². The van der Waals surface area contributed by atoms with Crippen LogP contribution in [0, 0.1) is 0 Å². The van der Waals surface area contributed by atoms with Crippen molar-refractivity contribution in [3.8, 4) is 5.88 Å². The van der Waals surface area contributed by atoms with Gasteiger partial charge in [-0.25, -0.2) is 0 Å². The number of nitrogens with one attached hydrogen (secondary N) is 1. The minimum Gasteiger partial charge on any atom is -0.471 e. The van der Waals surface area contributed by atoms with Crippen molar-refractivity contribution in [2.75, 3.05) is 13.2 Å². The molecule has 0 spiro atoms. The van der Waals surface area contributed by atoms with Crippen molar-refractivity contribution >= 4 is 5.91 Å². The number of ether oxygens (including phenoxy) is 1. The lowest BCUT2D eigenvalue weighted by molar-refractivity contribution is 0.0913. The summed E-state index contributed by atoms with van der Waals surface area (Å²) in [5, 5.41) is 14.9. The fourth-order valence-electron chi connectivity index (χ4n) is 1.53. The highest BCUT2D eigenvalue weighted by atomic mass is 16.5. The highest BCUT2D eigenvalue weighted by Crippen LogP contribution is 2.13. The second-order valence-corrected chi connectivity index (χ2v) is 4.14. The van der Waals surface area contributed by atoms with Gasteiger partial charge in [0.2, 0.25) is 5.76 Å². The average molecular weight is 276 g/mol. The summed E-state index contributed by atoms with van der Waals surface area (Å²) < 4.78 is 10.3. The molecule has 6 nitrogen and oxygen atoms in total. The fraction of sp³-hybridized carbons (Fsp3) is 0.286. The Labute approximate surface area is 116 Å². The largest absolute Gasteiger partial charge is 0.471 e. The number of benzene rings is 1. The van der Waals surface area contributed by atoms with Gasteiger partial charge in [-0.1, -0.05) is 30.3 Å². The number of carbonyl (C=O) groups excluding carboxylic acids is 1. The Kier molecular flexibility index (Phi) is 5.14. The molecule has 0 saturated heterocycles. The van der Waals surface area contributed by atoms with E-state index in [1.165, 1.54) is 6.07 Å². The number of nitrogens with zero attached hydrogens (tertiary/aromatic N) is 1. The van der Waals surface area contributed by atoms with Crippen LogP contribution >= 0.6 is 0 Å². The third kappa shape index (κ3) is 4.10. The van der Waals surface area contributed by atoms with Gasteiger partial charge in [0, 0.05) is 13.2 Å². The van der Waals surface area contributed by atoms with Gasteiger partial charge in [0.05, 0.1) is 6.07 Å². The first-order valence-corrected chi connectivity index (χ1v) is 6.32. The first-order chi connectivity index (χ1) is 9.79. The Hall–Kier alpha value is -2.34. The number of rotatable bonds is 7. The highest BCUT2D eigenvalue weighted by Gasteiger charge is 2.13. The molecule has 20 heavy (non-hydrogen) atoms. The molecule has 1 aromatic heterocycles. The van der Waals surface area contributed by atoms with Crippen LogP contribution in [0.25, 0.3) is 0 Å². The van der Waals surface area contributed by atoms with E-state index in [0.717, 1.165) is 5.56 Å². The van der Waals surface area contributed by atoms with Crippen molar-refractivity contribution in [3.63, 3.8) is 0 Å². The Morgan fingerprint density at radius 3 is 2.90 bits per heavy atom. The summed E-state index contributed by atoms with van der Waals surface area (Å²) in [5.41, 5.74) is 1.00. The fourth-order valence-corrected chi connectivity index (χ4v) is 1.53. The van der Waals surface area contributed by atoms with E-state index in [0.29, 0.717) is 19.6 Å². The van der Waals surface area contributed by atoms with Gasteiger partial charge < -0.3 is 19.7 Å². The van der Waals surface area contributed by atoms with Crippen LogP contribution in [0.4, 0.5) is 0 Å². The molecule has 1 aromatic carbocycles. The average Bonchev–Trinajstić information content (AvgIpc) is 2.95. The monoisotopic (exact) mass is 276 g/mol. The second kappa shape index (κ2) is 7.30. The van der Waals surface area contributed by atoms with Crippen molar-refractivity contribution < 1.29 is 19.2 Å². The molecule has 0 atom stereocenters. The van der Waals surface area contributed by atoms with Crippen LogP contribution in [-0.2, 0) is 6.61 Å². The molecule has 0 unspecified atom stereocenters. The zero-order chi connectivity index (χ0) is 14.2. The van der Waals surface area contributed by atoms with Crippen molar-refractivity contribution in [1.29, 1.82) is 0 Å². The second-order valence-electron chi connectivity index (χ2n) is 4.14. The predicted molar refractivity (Wildman–Crippen MR) is 71.3 cm³/mol. The molecule has 2 aromatic rings. The maximum Gasteiger partial charge on any atom is 0.290 e. The van der Waals surface area contributed by atoms with Crippen molar-refractivity contribution in [1.82, 2.24) is 10.5 Å². The number of aliphatic hydroxyl groups is 1. The molecule has 106 valence electrons. The molecular weight excluding hydrogens is 260 g/mol. The first-order valence-electron chi connectivity index (χ1n) is 6.32. The van der Waals surface area contributed by atoms with Crippen LogP contribution in [-0.4, -0.2) is 29.3 Å². The summed E-state index contributed by atoms with van der Waals surface area (Å²) >= 11 is 0. The van der Waals surface area contributed by atoms with Crippen LogP contribution < -0.4 is 10.1 Å². The number of amides is 1. The lowest BCUT2D eigenvalue weighted by atomic mass is 10.2. The molecule has 0 aliphatic carbocycles. The van der Waals surface area contributed by atoms with E-state index in [4.69, 9.17) is 14.4 Å². The summed E-state index contributed by atoms with van der Waals surface area (Å²) in [5.74, 6) is -0.0207. The maximum absolute atomic E-state index is 11.6. The molecule has 2 N–H and O–H groups in total. The molecule has 1 heterocycles. The quantitative estimate of drug-likeness (QED) is 0.746. The molecule has 6 heteroatoms. The smallest absolute Gasteiger partial charge is 0.290 e. The Balaban J connectivity index is 1.84. The summed E-state index contributed by atoms with van der Waals surface area (Å²) in [6, 6.07) is 11.1. The van der Waals surface area contributed by atoms with Crippen LogP contribution in [0.1, 0.15) is 22.5 Å². The van der Waals surface area contributed by atoms with Gasteiger partial charge in [-0.2, -0.15) is 0 Å². The summed E-state index contributed by atoms with van der Waals surface area (Å²) in [4.78, 5) is 11.6. The topological polar surface area (TPSA) is 84.6 Å². The Morgan fingerprint density at radius 2 is 2.15 bits per heavy atom. The first kappa shape index (κ1) is 14.1. The van der Waals surface area contributed by atoms with Gasteiger partial charge in [-0.05, 0) is 17.1 Å². The highest BCUT2D eigenvalue weighted by molar-refractivity contribution is 5.91. The van der Waals surface area contributed by atoms with Gasteiger partial charge in [-0.3, -0.25) is 4.79 Å². The molecule has 0 saturated carbocycles. The molecule has 0 fully saturated rings. The standard InChI is InChI=1S/C14H16N2O4/c17-8-4-7-15-14(18)12-9-13(16-20-12)19-10-11-5-2-1-3-6-11/h1-3,5-6,9,17H,4,7-8,10H2,(H,15,18). The number of aliphatic hydroxyl groups excluding tert-OH is 1. The third-order valence-electron chi connectivity index (χ3n) is 2.56. The Morgan fingerprint density at radius 1 is 1.35 bits per heavy atom. The summed E-state index contributed by atoms with van der Waals surface area (Å²) in [7, 11) is 0. The molecule has 0 bridgehead atoms. The summed E-state index contributed by atoms with van der Waals surface area (Å²) in [6.45, 7) is 0.775. The van der Waals surface area contributed by atoms with Gasteiger partial charge >= 0.3 is 0 Å². The molecule has 0 radical (unpaired) electrons. The van der Waals surface area contributed by atoms with E-state index in [9.17, 15) is 4.79 Å². The number of hydrogen-bond acceptors (Lipinski definition) is 5. The third-order valence-corrected chi connectivity index (χ3v) is 2.56. The van der Waals surface area contributed by atoms with Crippen molar-refractivity contribution in [2.24, 2.45) is 0 Å². The number of aromatic nitrogens is 1. The zero-order valence-electron chi connectivity index (χ0n) is 10.9. The predicted octanol–water partition coefficient (Wildman–Crippen LogP) is 1.37. The van der Waals surface area contributed by atoms with E-state index in [1.54, 1.807) is 0 Å². The van der Waals surface area contributed by atoms with E-state index in [2.05, 4.69) is 10.5 Å². The molecular formula is C14H16N2O4. The Bertz CT molecular complexity index is 539. The molecule has 0 aliphatic heterocycles. The molecule has 0 aliphatic rings. The van der Waals surface area contributed by atoms with E-state index >= 15 is 0 Å². The van der Waals surface area contributed by atoms with Crippen LogP contribution in [0.3, 0.4) is 0 Å². The SMILES string of the molecule is O=C(NCCCO)c1cc(OCc2ccccc2)no1. The molecule has 1 amide bonds. The van der Waals surface area contributed by atoms with E-state index < -0.39 is 0 Å². The van der Waals surface area contributed by atoms with Crippen molar-refractivity contribution in [2.45, 2.75) is 13.0 Å². The van der Waals surface area contributed by atoms with Gasteiger partial charge in [0.15, 0.2) is 0 Å². The van der Waals surface area contributed by atoms with Gasteiger partial charge in [0.1, 0.15) is 6.61 Å². The normalized spacial score (nSPS) is 10.2. The maximum atomic E-state index is 11.6. The lowest BCUT2D eigenvalue weighted by Gasteiger charge is -2.01. The van der Waals surface area contributed by atoms with Gasteiger partial charge in [-0.15, -0.1) is 0 Å². The molecule has 2 rings (SSSR count). The van der Waals surface area contributed by atoms with Crippen LogP contribution in [0.15, 0.2) is 40.9 Å². The van der Waals surface area contributed by atoms with Crippen LogP contribution in [0.2, 0.25) is 0 Å². The minimum absolute atomic E-state index is 0.0299. The zero-order valence-corrected chi connectivity index (χ0v) is 10.9. The summed E-state index contributed by atoms with van der Waals surface area (Å²) in [6.07, 6.45) is 0.497. The lowest BCUT2D eigenvalue weighted by Crippen LogP contribution is -2.24. The number of carbonyl (C=O) groups is 1. The van der Waals surface area contributed by atoms with Gasteiger partial charge in [0.25, 0.3) is 11.8 Å². The van der Waals surface area contributed by atoms with E-state index in [1.807, 2.05) is 30.3 Å². The van der Waals surface area contributed by atoms with Crippen molar-refractivity contribution in [3.05, 3.63) is 47.7 Å². The number of hydrogen-bond donors (Lipinski definition) is 2. The minimum atomic E-state index is -0.375.